The minimum absolute atomic E-state index is 0.470. The molecular weight excluding hydrogens is 226 g/mol. The SMILES string of the molecule is C=CCNC(=NC)NCCOC1CCCCCC1. The van der Waals surface area contributed by atoms with Crippen molar-refractivity contribution in [2.75, 3.05) is 26.7 Å². The summed E-state index contributed by atoms with van der Waals surface area (Å²) in [6.45, 7) is 5.94. The van der Waals surface area contributed by atoms with Gasteiger partial charge in [0.1, 0.15) is 0 Å². The summed E-state index contributed by atoms with van der Waals surface area (Å²) in [6.07, 6.45) is 10.1. The number of guanidine groups is 1. The van der Waals surface area contributed by atoms with Crippen LogP contribution in [-0.2, 0) is 4.74 Å². The minimum Gasteiger partial charge on any atom is -0.376 e. The van der Waals surface area contributed by atoms with Crippen LogP contribution in [0.15, 0.2) is 17.6 Å². The first kappa shape index (κ1) is 15.0. The normalized spacial score (nSPS) is 18.2. The Labute approximate surface area is 111 Å². The van der Waals surface area contributed by atoms with Gasteiger partial charge in [0.2, 0.25) is 0 Å². The highest BCUT2D eigenvalue weighted by Crippen LogP contribution is 2.19. The van der Waals surface area contributed by atoms with Crippen molar-refractivity contribution in [1.29, 1.82) is 0 Å². The largest absolute Gasteiger partial charge is 0.376 e. The van der Waals surface area contributed by atoms with Gasteiger partial charge in [-0.05, 0) is 12.8 Å². The molecule has 18 heavy (non-hydrogen) atoms. The number of hydrogen-bond donors (Lipinski definition) is 2. The predicted molar refractivity (Wildman–Crippen MR) is 77.0 cm³/mol. The summed E-state index contributed by atoms with van der Waals surface area (Å²) in [7, 11) is 1.77. The van der Waals surface area contributed by atoms with Gasteiger partial charge in [0.15, 0.2) is 5.96 Å². The van der Waals surface area contributed by atoms with Crippen LogP contribution >= 0.6 is 0 Å². The molecule has 0 spiro atoms. The van der Waals surface area contributed by atoms with Crippen molar-refractivity contribution in [2.24, 2.45) is 4.99 Å². The van der Waals surface area contributed by atoms with E-state index in [0.29, 0.717) is 6.10 Å². The van der Waals surface area contributed by atoms with Crippen LogP contribution in [0.2, 0.25) is 0 Å². The Bertz CT molecular complexity index is 245. The molecule has 4 nitrogen and oxygen atoms in total. The Morgan fingerprint density at radius 3 is 2.61 bits per heavy atom. The maximum Gasteiger partial charge on any atom is 0.191 e. The fourth-order valence-corrected chi connectivity index (χ4v) is 2.19. The second-order valence-electron chi connectivity index (χ2n) is 4.65. The monoisotopic (exact) mass is 253 g/mol. The molecule has 0 heterocycles. The van der Waals surface area contributed by atoms with Crippen LogP contribution in [0.4, 0.5) is 0 Å². The predicted octanol–water partition coefficient (Wildman–Crippen LogP) is 2.08. The van der Waals surface area contributed by atoms with E-state index in [2.05, 4.69) is 22.2 Å². The third-order valence-corrected chi connectivity index (χ3v) is 3.19. The average molecular weight is 253 g/mol. The summed E-state index contributed by atoms with van der Waals surface area (Å²) < 4.78 is 5.90. The van der Waals surface area contributed by atoms with E-state index in [4.69, 9.17) is 4.74 Å². The first-order valence-electron chi connectivity index (χ1n) is 7.04. The van der Waals surface area contributed by atoms with Crippen molar-refractivity contribution in [2.45, 2.75) is 44.6 Å². The molecule has 0 aromatic heterocycles. The van der Waals surface area contributed by atoms with Gasteiger partial charge in [0.25, 0.3) is 0 Å². The lowest BCUT2D eigenvalue weighted by Crippen LogP contribution is -2.39. The van der Waals surface area contributed by atoms with Gasteiger partial charge in [-0.25, -0.2) is 0 Å². The van der Waals surface area contributed by atoms with Gasteiger partial charge in [-0.15, -0.1) is 6.58 Å². The maximum atomic E-state index is 5.90. The Morgan fingerprint density at radius 1 is 1.28 bits per heavy atom. The molecule has 1 rings (SSSR count). The molecule has 1 aliphatic rings. The zero-order valence-corrected chi connectivity index (χ0v) is 11.6. The van der Waals surface area contributed by atoms with Crippen molar-refractivity contribution in [1.82, 2.24) is 10.6 Å². The lowest BCUT2D eigenvalue weighted by atomic mass is 10.1. The molecule has 104 valence electrons. The molecule has 0 saturated heterocycles. The Kier molecular flexibility index (Phi) is 8.30. The molecule has 0 unspecified atom stereocenters. The van der Waals surface area contributed by atoms with Crippen molar-refractivity contribution in [3.05, 3.63) is 12.7 Å². The maximum absolute atomic E-state index is 5.90. The van der Waals surface area contributed by atoms with Crippen molar-refractivity contribution in [3.8, 4) is 0 Å². The van der Waals surface area contributed by atoms with Crippen LogP contribution in [-0.4, -0.2) is 38.8 Å². The molecule has 1 fully saturated rings. The fraction of sp³-hybridized carbons (Fsp3) is 0.786. The molecule has 0 aromatic rings. The van der Waals surface area contributed by atoms with Gasteiger partial charge in [-0.1, -0.05) is 31.8 Å². The topological polar surface area (TPSA) is 45.7 Å². The van der Waals surface area contributed by atoms with E-state index in [9.17, 15) is 0 Å². The lowest BCUT2D eigenvalue weighted by Gasteiger charge is -2.16. The standard InChI is InChI=1S/C14H27N3O/c1-3-10-16-14(15-2)17-11-12-18-13-8-6-4-5-7-9-13/h3,13H,1,4-12H2,2H3,(H2,15,16,17). The second-order valence-corrected chi connectivity index (χ2v) is 4.65. The summed E-state index contributed by atoms with van der Waals surface area (Å²) >= 11 is 0. The third kappa shape index (κ3) is 6.64. The van der Waals surface area contributed by atoms with Crippen LogP contribution in [0.5, 0.6) is 0 Å². The van der Waals surface area contributed by atoms with Crippen LogP contribution in [0.25, 0.3) is 0 Å². The Hall–Kier alpha value is -1.03. The molecule has 0 amide bonds. The minimum atomic E-state index is 0.470. The third-order valence-electron chi connectivity index (χ3n) is 3.19. The molecule has 4 heteroatoms. The number of aliphatic imine (C=N–C) groups is 1. The van der Waals surface area contributed by atoms with E-state index in [1.54, 1.807) is 7.05 Å². The van der Waals surface area contributed by atoms with Crippen molar-refractivity contribution >= 4 is 5.96 Å². The summed E-state index contributed by atoms with van der Waals surface area (Å²) in [5.41, 5.74) is 0. The highest BCUT2D eigenvalue weighted by Gasteiger charge is 2.11. The van der Waals surface area contributed by atoms with Crippen molar-refractivity contribution < 1.29 is 4.74 Å². The molecule has 0 radical (unpaired) electrons. The van der Waals surface area contributed by atoms with E-state index in [1.165, 1.54) is 38.5 Å². The first-order chi connectivity index (χ1) is 8.86. The van der Waals surface area contributed by atoms with Crippen LogP contribution in [0.1, 0.15) is 38.5 Å². The quantitative estimate of drug-likeness (QED) is 0.250. The highest BCUT2D eigenvalue weighted by atomic mass is 16.5. The van der Waals surface area contributed by atoms with E-state index >= 15 is 0 Å². The van der Waals surface area contributed by atoms with Gasteiger partial charge < -0.3 is 15.4 Å². The number of hydrogen-bond acceptors (Lipinski definition) is 2. The summed E-state index contributed by atoms with van der Waals surface area (Å²) in [6, 6.07) is 0. The molecule has 0 aliphatic heterocycles. The zero-order valence-electron chi connectivity index (χ0n) is 11.6. The zero-order chi connectivity index (χ0) is 13.1. The van der Waals surface area contributed by atoms with Gasteiger partial charge in [-0.2, -0.15) is 0 Å². The number of nitrogens with one attached hydrogen (secondary N) is 2. The van der Waals surface area contributed by atoms with Gasteiger partial charge >= 0.3 is 0 Å². The first-order valence-corrected chi connectivity index (χ1v) is 7.04. The number of ether oxygens (including phenoxy) is 1. The van der Waals surface area contributed by atoms with Crippen LogP contribution < -0.4 is 10.6 Å². The summed E-state index contributed by atoms with van der Waals surface area (Å²) in [5, 5.41) is 6.36. The summed E-state index contributed by atoms with van der Waals surface area (Å²) in [4.78, 5) is 4.12. The van der Waals surface area contributed by atoms with Gasteiger partial charge in [0.05, 0.1) is 12.7 Å². The van der Waals surface area contributed by atoms with E-state index < -0.39 is 0 Å². The molecule has 0 bridgehead atoms. The fourth-order valence-electron chi connectivity index (χ4n) is 2.19. The highest BCUT2D eigenvalue weighted by molar-refractivity contribution is 5.79. The number of nitrogens with zero attached hydrogens (tertiary/aromatic N) is 1. The Balaban J connectivity index is 2.07. The van der Waals surface area contributed by atoms with Crippen LogP contribution in [0, 0.1) is 0 Å². The lowest BCUT2D eigenvalue weighted by molar-refractivity contribution is 0.0468. The van der Waals surface area contributed by atoms with E-state index in [-0.39, 0.29) is 0 Å². The molecule has 1 aliphatic carbocycles. The van der Waals surface area contributed by atoms with Crippen LogP contribution in [0.3, 0.4) is 0 Å². The molecule has 1 saturated carbocycles. The smallest absolute Gasteiger partial charge is 0.191 e. The van der Waals surface area contributed by atoms with Crippen molar-refractivity contribution in [3.63, 3.8) is 0 Å². The second kappa shape index (κ2) is 9.95. The molecule has 2 N–H and O–H groups in total. The van der Waals surface area contributed by atoms with E-state index in [1.807, 2.05) is 6.08 Å². The molecule has 0 atom stereocenters. The Morgan fingerprint density at radius 2 is 2.00 bits per heavy atom. The van der Waals surface area contributed by atoms with E-state index in [0.717, 1.165) is 25.7 Å². The number of rotatable bonds is 6. The molecular formula is C14H27N3O. The average Bonchev–Trinajstić information content (AvgIpc) is 2.66. The summed E-state index contributed by atoms with van der Waals surface area (Å²) in [5.74, 6) is 0.805. The van der Waals surface area contributed by atoms with Gasteiger partial charge in [-0.3, -0.25) is 4.99 Å². The van der Waals surface area contributed by atoms with Gasteiger partial charge in [0, 0.05) is 20.1 Å². The molecule has 0 aromatic carbocycles.